The normalized spacial score (nSPS) is 14.2. The van der Waals surface area contributed by atoms with Gasteiger partial charge in [0.2, 0.25) is 0 Å². The van der Waals surface area contributed by atoms with Crippen LogP contribution in [0.25, 0.3) is 10.4 Å². The highest BCUT2D eigenvalue weighted by Crippen LogP contribution is 2.28. The van der Waals surface area contributed by atoms with Crippen molar-refractivity contribution < 1.29 is 9.18 Å². The Morgan fingerprint density at radius 2 is 2.00 bits per heavy atom. The molecule has 0 aliphatic carbocycles. The van der Waals surface area contributed by atoms with Gasteiger partial charge in [0, 0.05) is 35.9 Å². The molecule has 0 bridgehead atoms. The van der Waals surface area contributed by atoms with E-state index in [-0.39, 0.29) is 11.7 Å². The van der Waals surface area contributed by atoms with E-state index in [1.165, 1.54) is 33.9 Å². The van der Waals surface area contributed by atoms with Crippen molar-refractivity contribution in [1.82, 2.24) is 10.2 Å². The van der Waals surface area contributed by atoms with Gasteiger partial charge >= 0.3 is 0 Å². The Balaban J connectivity index is 1.29. The molecule has 4 rings (SSSR count). The van der Waals surface area contributed by atoms with Crippen molar-refractivity contribution in [3.05, 3.63) is 69.0 Å². The van der Waals surface area contributed by atoms with Crippen LogP contribution in [-0.4, -0.2) is 30.4 Å². The number of carbonyl (C=O) groups is 1. The van der Waals surface area contributed by atoms with Gasteiger partial charge in [0.25, 0.3) is 5.91 Å². The van der Waals surface area contributed by atoms with Gasteiger partial charge in [0.1, 0.15) is 5.82 Å². The first kappa shape index (κ1) is 17.4. The van der Waals surface area contributed by atoms with Crippen LogP contribution in [0.1, 0.15) is 20.1 Å². The fourth-order valence-corrected chi connectivity index (χ4v) is 4.96. The Bertz CT molecular complexity index is 901. The first-order valence-corrected chi connectivity index (χ1v) is 10.3. The third kappa shape index (κ3) is 3.87. The minimum Gasteiger partial charge on any atom is -0.350 e. The zero-order chi connectivity index (χ0) is 17.9. The van der Waals surface area contributed by atoms with E-state index in [0.717, 1.165) is 36.5 Å². The Morgan fingerprint density at radius 3 is 2.85 bits per heavy atom. The highest BCUT2D eigenvalue weighted by atomic mass is 32.1. The van der Waals surface area contributed by atoms with Crippen LogP contribution < -0.4 is 5.32 Å². The van der Waals surface area contributed by atoms with E-state index in [9.17, 15) is 9.18 Å². The van der Waals surface area contributed by atoms with Crippen LogP contribution in [0, 0.1) is 5.82 Å². The summed E-state index contributed by atoms with van der Waals surface area (Å²) in [6, 6.07) is 12.3. The maximum atomic E-state index is 13.0. The zero-order valence-corrected chi connectivity index (χ0v) is 15.8. The van der Waals surface area contributed by atoms with Gasteiger partial charge < -0.3 is 5.32 Å². The number of hydrogen-bond acceptors (Lipinski definition) is 4. The van der Waals surface area contributed by atoms with E-state index in [4.69, 9.17) is 0 Å². The molecule has 26 heavy (non-hydrogen) atoms. The van der Waals surface area contributed by atoms with Crippen LogP contribution >= 0.6 is 22.7 Å². The molecule has 0 fully saturated rings. The summed E-state index contributed by atoms with van der Waals surface area (Å²) >= 11 is 3.27. The average Bonchev–Trinajstić information content (AvgIpc) is 3.31. The number of benzene rings is 1. The van der Waals surface area contributed by atoms with E-state index in [1.807, 2.05) is 23.5 Å². The van der Waals surface area contributed by atoms with Crippen molar-refractivity contribution in [2.24, 2.45) is 0 Å². The molecule has 1 amide bonds. The zero-order valence-electron chi connectivity index (χ0n) is 14.2. The summed E-state index contributed by atoms with van der Waals surface area (Å²) in [4.78, 5) is 17.9. The molecular weight excluding hydrogens is 367 g/mol. The van der Waals surface area contributed by atoms with Crippen molar-refractivity contribution in [2.45, 2.75) is 13.0 Å². The lowest BCUT2D eigenvalue weighted by Crippen LogP contribution is -2.37. The number of nitrogens with zero attached hydrogens (tertiary/aromatic N) is 1. The molecule has 0 spiro atoms. The van der Waals surface area contributed by atoms with Crippen LogP contribution in [0.3, 0.4) is 0 Å². The topological polar surface area (TPSA) is 32.3 Å². The number of thiophene rings is 2. The van der Waals surface area contributed by atoms with Crippen molar-refractivity contribution in [1.29, 1.82) is 0 Å². The van der Waals surface area contributed by atoms with E-state index in [0.29, 0.717) is 11.4 Å². The van der Waals surface area contributed by atoms with Crippen LogP contribution in [0.15, 0.2) is 47.8 Å². The summed E-state index contributed by atoms with van der Waals surface area (Å²) in [7, 11) is 0. The molecule has 134 valence electrons. The number of amides is 1. The second-order valence-corrected chi connectivity index (χ2v) is 8.41. The molecule has 1 N–H and O–H groups in total. The minimum atomic E-state index is -0.254. The molecule has 6 heteroatoms. The van der Waals surface area contributed by atoms with Gasteiger partial charge in [-0.2, -0.15) is 0 Å². The number of hydrogen-bond donors (Lipinski definition) is 1. The number of rotatable bonds is 5. The molecule has 3 heterocycles. The number of fused-ring (bicyclic) bond motifs is 1. The largest absolute Gasteiger partial charge is 0.350 e. The van der Waals surface area contributed by atoms with Gasteiger partial charge in [-0.15, -0.1) is 22.7 Å². The lowest BCUT2D eigenvalue weighted by Gasteiger charge is -2.26. The maximum absolute atomic E-state index is 13.0. The molecule has 2 aromatic heterocycles. The first-order chi connectivity index (χ1) is 12.7. The third-order valence-corrected chi connectivity index (χ3v) is 6.71. The molecule has 0 radical (unpaired) electrons. The Hall–Kier alpha value is -2.02. The minimum absolute atomic E-state index is 0.0448. The van der Waals surface area contributed by atoms with E-state index < -0.39 is 0 Å². The summed E-state index contributed by atoms with van der Waals surface area (Å²) in [6.07, 6.45) is 1.10. The van der Waals surface area contributed by atoms with E-state index in [1.54, 1.807) is 12.1 Å². The molecule has 3 nitrogen and oxygen atoms in total. The van der Waals surface area contributed by atoms with Crippen molar-refractivity contribution in [3.63, 3.8) is 0 Å². The van der Waals surface area contributed by atoms with Crippen molar-refractivity contribution in [2.75, 3.05) is 19.6 Å². The van der Waals surface area contributed by atoms with Gasteiger partial charge in [0.05, 0.1) is 4.88 Å². The first-order valence-electron chi connectivity index (χ1n) is 8.60. The van der Waals surface area contributed by atoms with Crippen LogP contribution in [0.4, 0.5) is 4.39 Å². The van der Waals surface area contributed by atoms with Gasteiger partial charge in [-0.1, -0.05) is 12.1 Å². The van der Waals surface area contributed by atoms with Crippen molar-refractivity contribution in [3.8, 4) is 10.4 Å². The van der Waals surface area contributed by atoms with E-state index in [2.05, 4.69) is 21.7 Å². The summed E-state index contributed by atoms with van der Waals surface area (Å²) in [6.45, 7) is 3.53. The van der Waals surface area contributed by atoms with Gasteiger partial charge in [-0.3, -0.25) is 9.69 Å². The summed E-state index contributed by atoms with van der Waals surface area (Å²) < 4.78 is 13.0. The number of nitrogens with one attached hydrogen (secondary N) is 1. The molecule has 0 saturated heterocycles. The fourth-order valence-electron chi connectivity index (χ4n) is 3.14. The predicted octanol–water partition coefficient (Wildman–Crippen LogP) is 4.40. The lowest BCUT2D eigenvalue weighted by atomic mass is 10.1. The Morgan fingerprint density at radius 1 is 1.15 bits per heavy atom. The maximum Gasteiger partial charge on any atom is 0.261 e. The van der Waals surface area contributed by atoms with Crippen LogP contribution in [-0.2, 0) is 13.0 Å². The molecule has 0 unspecified atom stereocenters. The Kier molecular flexibility index (Phi) is 5.15. The lowest BCUT2D eigenvalue weighted by molar-refractivity contribution is 0.0951. The van der Waals surface area contributed by atoms with Crippen molar-refractivity contribution >= 4 is 28.6 Å². The second-order valence-electron chi connectivity index (χ2n) is 6.32. The molecule has 1 aliphatic rings. The molecule has 3 aromatic rings. The highest BCUT2D eigenvalue weighted by molar-refractivity contribution is 7.17. The van der Waals surface area contributed by atoms with Gasteiger partial charge in [0.15, 0.2) is 0 Å². The number of carbonyl (C=O) groups excluding carboxylic acids is 1. The smallest absolute Gasteiger partial charge is 0.261 e. The van der Waals surface area contributed by atoms with Crippen LogP contribution in [0.5, 0.6) is 0 Å². The number of halogens is 1. The van der Waals surface area contributed by atoms with Gasteiger partial charge in [-0.25, -0.2) is 4.39 Å². The summed E-state index contributed by atoms with van der Waals surface area (Å²) in [5.41, 5.74) is 2.35. The summed E-state index contributed by atoms with van der Waals surface area (Å²) in [5.74, 6) is -0.299. The van der Waals surface area contributed by atoms with E-state index >= 15 is 0 Å². The quantitative estimate of drug-likeness (QED) is 0.705. The second kappa shape index (κ2) is 7.70. The molecule has 1 aromatic carbocycles. The standard InChI is InChI=1S/C20H19FN2OS2/c21-16-3-1-14(2-4-16)18-5-6-19(26-18)20(24)22-9-11-23-10-7-17-15(13-23)8-12-25-17/h1-6,8,12H,7,9-11,13H2,(H,22,24). The molecule has 0 saturated carbocycles. The SMILES string of the molecule is O=C(NCCN1CCc2sccc2C1)c1ccc(-c2ccc(F)cc2)s1. The van der Waals surface area contributed by atoms with Gasteiger partial charge in [-0.05, 0) is 53.3 Å². The molecule has 0 atom stereocenters. The monoisotopic (exact) mass is 386 g/mol. The predicted molar refractivity (Wildman–Crippen MR) is 105 cm³/mol. The molecular formula is C20H19FN2OS2. The highest BCUT2D eigenvalue weighted by Gasteiger charge is 2.17. The third-order valence-electron chi connectivity index (χ3n) is 4.56. The molecule has 1 aliphatic heterocycles. The van der Waals surface area contributed by atoms with Crippen LogP contribution in [0.2, 0.25) is 0 Å². The summed E-state index contributed by atoms with van der Waals surface area (Å²) in [5, 5.41) is 5.17. The Labute approximate surface area is 160 Å². The fraction of sp³-hybridized carbons (Fsp3) is 0.250. The average molecular weight is 387 g/mol.